The molecule has 1 aliphatic rings. The molecule has 1 aromatic heterocycles. The van der Waals surface area contributed by atoms with Crippen molar-refractivity contribution in [3.05, 3.63) is 33.3 Å². The van der Waals surface area contributed by atoms with Gasteiger partial charge in [-0.2, -0.15) is 0 Å². The molecule has 0 atom stereocenters. The quantitative estimate of drug-likeness (QED) is 0.709. The van der Waals surface area contributed by atoms with Crippen molar-refractivity contribution in [1.29, 1.82) is 0 Å². The summed E-state index contributed by atoms with van der Waals surface area (Å²) in [4.78, 5) is 12.3. The number of nitrogens with zero attached hydrogens (tertiary/aromatic N) is 2. The maximum atomic E-state index is 12.5. The first-order valence-corrected chi connectivity index (χ1v) is 11.9. The molecule has 0 radical (unpaired) electrons. The highest BCUT2D eigenvalue weighted by Crippen LogP contribution is 2.28. The Hall–Kier alpha value is -1.22. The van der Waals surface area contributed by atoms with Crippen molar-refractivity contribution in [2.45, 2.75) is 43.4 Å². The Morgan fingerprint density at radius 1 is 1.19 bits per heavy atom. The summed E-state index contributed by atoms with van der Waals surface area (Å²) >= 11 is 13.1. The summed E-state index contributed by atoms with van der Waals surface area (Å²) in [5, 5.41) is 12.1. The van der Waals surface area contributed by atoms with Gasteiger partial charge >= 0.3 is 0 Å². The first-order chi connectivity index (χ1) is 12.8. The molecule has 146 valence electrons. The van der Waals surface area contributed by atoms with Crippen LogP contribution in [0.1, 0.15) is 37.1 Å². The maximum Gasteiger partial charge on any atom is 0.229 e. The Morgan fingerprint density at radius 3 is 2.67 bits per heavy atom. The number of rotatable bonds is 6. The Morgan fingerprint density at radius 2 is 1.93 bits per heavy atom. The summed E-state index contributed by atoms with van der Waals surface area (Å²) in [5.41, 5.74) is 0. The number of sulfone groups is 1. The predicted octanol–water partition coefficient (Wildman–Crippen LogP) is 4.38. The number of benzene rings is 1. The van der Waals surface area contributed by atoms with E-state index >= 15 is 0 Å². The molecular weight excluding hydrogens is 429 g/mol. The second-order valence-corrected chi connectivity index (χ2v) is 10.5. The van der Waals surface area contributed by atoms with Crippen LogP contribution in [0.15, 0.2) is 23.1 Å². The lowest BCUT2D eigenvalue weighted by Crippen LogP contribution is -2.24. The molecule has 1 N–H and O–H groups in total. The van der Waals surface area contributed by atoms with Crippen molar-refractivity contribution in [2.75, 3.05) is 11.1 Å². The third-order valence-electron chi connectivity index (χ3n) is 4.49. The van der Waals surface area contributed by atoms with Crippen LogP contribution in [0.2, 0.25) is 10.0 Å². The fourth-order valence-corrected chi connectivity index (χ4v) is 5.96. The van der Waals surface area contributed by atoms with Crippen molar-refractivity contribution < 1.29 is 13.2 Å². The second kappa shape index (κ2) is 8.86. The van der Waals surface area contributed by atoms with Crippen LogP contribution >= 0.6 is 34.5 Å². The topological polar surface area (TPSA) is 89.0 Å². The molecule has 27 heavy (non-hydrogen) atoms. The molecular formula is C17H19Cl2N3O3S2. The van der Waals surface area contributed by atoms with Gasteiger partial charge in [0.05, 0.1) is 15.7 Å². The first kappa shape index (κ1) is 20.5. The smallest absolute Gasteiger partial charge is 0.229 e. The van der Waals surface area contributed by atoms with E-state index in [1.165, 1.54) is 36.0 Å². The van der Waals surface area contributed by atoms with Gasteiger partial charge in [0.25, 0.3) is 0 Å². The van der Waals surface area contributed by atoms with Gasteiger partial charge in [0.1, 0.15) is 5.01 Å². The average molecular weight is 448 g/mol. The number of hydrogen-bond acceptors (Lipinski definition) is 6. The van der Waals surface area contributed by atoms with Gasteiger partial charge in [-0.15, -0.1) is 10.2 Å². The lowest BCUT2D eigenvalue weighted by atomic mass is 9.89. The van der Waals surface area contributed by atoms with E-state index in [1.54, 1.807) is 0 Å². The highest BCUT2D eigenvalue weighted by molar-refractivity contribution is 7.91. The summed E-state index contributed by atoms with van der Waals surface area (Å²) in [6.45, 7) is 0. The minimum absolute atomic E-state index is 0.00649. The zero-order valence-electron chi connectivity index (χ0n) is 14.5. The number of carbonyl (C=O) groups excluding carboxylic acids is 1. The van der Waals surface area contributed by atoms with Crippen molar-refractivity contribution in [2.24, 2.45) is 5.92 Å². The van der Waals surface area contributed by atoms with Crippen LogP contribution in [-0.2, 0) is 21.1 Å². The van der Waals surface area contributed by atoms with Crippen molar-refractivity contribution in [1.82, 2.24) is 10.2 Å². The van der Waals surface area contributed by atoms with Gasteiger partial charge in [0.15, 0.2) is 9.84 Å². The summed E-state index contributed by atoms with van der Waals surface area (Å²) in [6.07, 6.45) is 5.30. The molecule has 10 heteroatoms. The highest BCUT2D eigenvalue weighted by atomic mass is 35.5. The van der Waals surface area contributed by atoms with Crippen molar-refractivity contribution >= 4 is 55.4 Å². The number of nitrogens with one attached hydrogen (secondary N) is 1. The Bertz CT molecular complexity index is 925. The summed E-state index contributed by atoms with van der Waals surface area (Å²) in [7, 11) is -3.61. The van der Waals surface area contributed by atoms with E-state index in [-0.39, 0.29) is 33.9 Å². The molecule has 1 heterocycles. The van der Waals surface area contributed by atoms with E-state index in [2.05, 4.69) is 15.5 Å². The number of hydrogen-bond donors (Lipinski definition) is 1. The van der Waals surface area contributed by atoms with E-state index in [0.717, 1.165) is 25.7 Å². The van der Waals surface area contributed by atoms with Gasteiger partial charge in [-0.25, -0.2) is 8.42 Å². The molecule has 0 saturated heterocycles. The van der Waals surface area contributed by atoms with Crippen LogP contribution < -0.4 is 5.32 Å². The third kappa shape index (κ3) is 5.40. The zero-order chi connectivity index (χ0) is 19.4. The Balaban J connectivity index is 1.60. The number of aryl methyl sites for hydroxylation is 1. The van der Waals surface area contributed by atoms with Gasteiger partial charge in [0, 0.05) is 17.4 Å². The molecule has 3 rings (SSSR count). The van der Waals surface area contributed by atoms with Gasteiger partial charge in [-0.1, -0.05) is 53.8 Å². The first-order valence-electron chi connectivity index (χ1n) is 8.66. The highest BCUT2D eigenvalue weighted by Gasteiger charge is 2.23. The Kier molecular flexibility index (Phi) is 6.73. The van der Waals surface area contributed by atoms with E-state index in [9.17, 15) is 13.2 Å². The monoisotopic (exact) mass is 447 g/mol. The van der Waals surface area contributed by atoms with Gasteiger partial charge in [-0.3, -0.25) is 4.79 Å². The fourth-order valence-electron chi connectivity index (χ4n) is 3.02. The number of carbonyl (C=O) groups is 1. The van der Waals surface area contributed by atoms with Crippen LogP contribution in [0.4, 0.5) is 5.13 Å². The summed E-state index contributed by atoms with van der Waals surface area (Å²) in [6, 6.07) is 4.34. The largest absolute Gasteiger partial charge is 0.300 e. The van der Waals surface area contributed by atoms with Crippen molar-refractivity contribution in [3.8, 4) is 0 Å². The molecule has 6 nitrogen and oxygen atoms in total. The summed E-state index contributed by atoms with van der Waals surface area (Å²) < 4.78 is 25.0. The molecule has 1 saturated carbocycles. The molecule has 1 aliphatic carbocycles. The zero-order valence-corrected chi connectivity index (χ0v) is 17.6. The van der Waals surface area contributed by atoms with Crippen LogP contribution in [-0.4, -0.2) is 30.3 Å². The minimum atomic E-state index is -3.61. The van der Waals surface area contributed by atoms with Gasteiger partial charge in [-0.05, 0) is 31.0 Å². The van der Waals surface area contributed by atoms with E-state index in [0.29, 0.717) is 15.2 Å². The van der Waals surface area contributed by atoms with Gasteiger partial charge < -0.3 is 5.32 Å². The van der Waals surface area contributed by atoms with Crippen LogP contribution in [0.25, 0.3) is 0 Å². The lowest BCUT2D eigenvalue weighted by Gasteiger charge is -2.19. The number of amides is 1. The number of halogens is 2. The molecule has 0 spiro atoms. The average Bonchev–Trinajstić information content (AvgIpc) is 3.10. The standard InChI is InChI=1S/C17H19Cl2N3O3S2/c18-12-6-7-13(19)14(10-12)27(24,25)9-8-15-21-22-17(26-15)20-16(23)11-4-2-1-3-5-11/h6-7,10-11H,1-5,8-9H2,(H,20,22,23). The predicted molar refractivity (Wildman–Crippen MR) is 107 cm³/mol. The maximum absolute atomic E-state index is 12.5. The molecule has 1 amide bonds. The Labute approximate surface area is 172 Å². The minimum Gasteiger partial charge on any atom is -0.300 e. The normalized spacial score (nSPS) is 15.6. The van der Waals surface area contributed by atoms with Crippen LogP contribution in [0, 0.1) is 5.92 Å². The number of anilines is 1. The second-order valence-electron chi connectivity index (χ2n) is 6.47. The van der Waals surface area contributed by atoms with Gasteiger partial charge in [0.2, 0.25) is 11.0 Å². The SMILES string of the molecule is O=C(Nc1nnc(CCS(=O)(=O)c2cc(Cl)ccc2Cl)s1)C1CCCCC1. The van der Waals surface area contributed by atoms with Crippen molar-refractivity contribution in [3.63, 3.8) is 0 Å². The number of aromatic nitrogens is 2. The van der Waals surface area contributed by atoms with Crippen LogP contribution in [0.5, 0.6) is 0 Å². The molecule has 0 bridgehead atoms. The fraction of sp³-hybridized carbons (Fsp3) is 0.471. The van der Waals surface area contributed by atoms with E-state index in [1.807, 2.05) is 0 Å². The third-order valence-corrected chi connectivity index (χ3v) is 7.81. The summed E-state index contributed by atoms with van der Waals surface area (Å²) in [5.74, 6) is -0.176. The molecule has 1 aromatic carbocycles. The van der Waals surface area contributed by atoms with E-state index < -0.39 is 9.84 Å². The van der Waals surface area contributed by atoms with Crippen LogP contribution in [0.3, 0.4) is 0 Å². The lowest BCUT2D eigenvalue weighted by molar-refractivity contribution is -0.120. The van der Waals surface area contributed by atoms with E-state index in [4.69, 9.17) is 23.2 Å². The molecule has 1 fully saturated rings. The molecule has 2 aromatic rings. The molecule has 0 aliphatic heterocycles. The molecule has 0 unspecified atom stereocenters.